The molecule has 0 spiro atoms. The number of hydrogen-bond acceptors (Lipinski definition) is 5. The summed E-state index contributed by atoms with van der Waals surface area (Å²) in [5.74, 6) is 0.185. The van der Waals surface area contributed by atoms with Gasteiger partial charge >= 0.3 is 0 Å². The zero-order chi connectivity index (χ0) is 12.1. The van der Waals surface area contributed by atoms with Gasteiger partial charge < -0.3 is 5.32 Å². The Hall–Kier alpha value is -0.500. The molecule has 0 amide bonds. The van der Waals surface area contributed by atoms with Gasteiger partial charge in [-0.05, 0) is 19.4 Å². The fourth-order valence-electron chi connectivity index (χ4n) is 1.91. The van der Waals surface area contributed by atoms with Crippen molar-refractivity contribution in [2.75, 3.05) is 18.8 Å². The third-order valence-corrected chi connectivity index (χ3v) is 5.05. The summed E-state index contributed by atoms with van der Waals surface area (Å²) in [7, 11) is -3.15. The average molecular weight is 275 g/mol. The Morgan fingerprint density at radius 2 is 2.47 bits per heavy atom. The number of aromatic nitrogens is 1. The molecule has 1 fully saturated rings. The van der Waals surface area contributed by atoms with Crippen LogP contribution in [0.3, 0.4) is 0 Å². The highest BCUT2D eigenvalue weighted by Gasteiger charge is 2.21. The lowest BCUT2D eigenvalue weighted by Gasteiger charge is -2.11. The summed E-state index contributed by atoms with van der Waals surface area (Å²) >= 11 is 1.55. The van der Waals surface area contributed by atoms with Gasteiger partial charge in [-0.2, -0.15) is 0 Å². The Bertz CT molecular complexity index is 424. The second-order valence-electron chi connectivity index (χ2n) is 4.14. The van der Waals surface area contributed by atoms with E-state index in [1.54, 1.807) is 17.5 Å². The van der Waals surface area contributed by atoms with Gasteiger partial charge in [0.15, 0.2) is 0 Å². The van der Waals surface area contributed by atoms with Crippen LogP contribution in [0.4, 0.5) is 0 Å². The van der Waals surface area contributed by atoms with Gasteiger partial charge in [-0.15, -0.1) is 11.3 Å². The van der Waals surface area contributed by atoms with Crippen molar-refractivity contribution in [3.05, 3.63) is 16.6 Å². The van der Waals surface area contributed by atoms with Crippen LogP contribution in [0.15, 0.2) is 11.6 Å². The standard InChI is InChI=1S/C10H17N3O2S2/c14-17(15,8-9-2-1-4-11-9)13-5-3-10-12-6-7-16-10/h6-7,9,11,13H,1-5,8H2. The summed E-state index contributed by atoms with van der Waals surface area (Å²) in [5, 5.41) is 6.05. The Labute approximate surface area is 106 Å². The van der Waals surface area contributed by atoms with E-state index >= 15 is 0 Å². The highest BCUT2D eigenvalue weighted by atomic mass is 32.2. The van der Waals surface area contributed by atoms with Crippen LogP contribution >= 0.6 is 11.3 Å². The largest absolute Gasteiger partial charge is 0.313 e. The molecule has 1 atom stereocenters. The van der Waals surface area contributed by atoms with Crippen molar-refractivity contribution in [1.29, 1.82) is 0 Å². The van der Waals surface area contributed by atoms with Crippen molar-refractivity contribution in [3.63, 3.8) is 0 Å². The van der Waals surface area contributed by atoms with E-state index in [4.69, 9.17) is 0 Å². The molecule has 1 aromatic rings. The SMILES string of the molecule is O=S(=O)(CC1CCCN1)NCCc1nccs1. The highest BCUT2D eigenvalue weighted by Crippen LogP contribution is 2.07. The van der Waals surface area contributed by atoms with E-state index in [1.807, 2.05) is 5.38 Å². The number of sulfonamides is 1. The zero-order valence-corrected chi connectivity index (χ0v) is 11.2. The van der Waals surface area contributed by atoms with Crippen LogP contribution in [-0.2, 0) is 16.4 Å². The zero-order valence-electron chi connectivity index (χ0n) is 9.55. The van der Waals surface area contributed by atoms with Gasteiger partial charge in [-0.1, -0.05) is 0 Å². The molecule has 96 valence electrons. The first-order valence-electron chi connectivity index (χ1n) is 5.75. The predicted molar refractivity (Wildman–Crippen MR) is 68.6 cm³/mol. The summed E-state index contributed by atoms with van der Waals surface area (Å²) < 4.78 is 26.1. The van der Waals surface area contributed by atoms with Crippen LogP contribution in [0.25, 0.3) is 0 Å². The topological polar surface area (TPSA) is 71.1 Å². The number of nitrogens with zero attached hydrogens (tertiary/aromatic N) is 1. The lowest BCUT2D eigenvalue weighted by atomic mass is 10.3. The van der Waals surface area contributed by atoms with Gasteiger partial charge in [-0.3, -0.25) is 0 Å². The van der Waals surface area contributed by atoms with E-state index in [0.717, 1.165) is 24.4 Å². The van der Waals surface area contributed by atoms with Crippen LogP contribution < -0.4 is 10.0 Å². The third-order valence-electron chi connectivity index (χ3n) is 2.73. The maximum Gasteiger partial charge on any atom is 0.213 e. The van der Waals surface area contributed by atoms with Crippen LogP contribution in [-0.4, -0.2) is 38.3 Å². The Morgan fingerprint density at radius 3 is 3.12 bits per heavy atom. The molecule has 1 aliphatic heterocycles. The summed E-state index contributed by atoms with van der Waals surface area (Å²) in [6, 6.07) is 0.118. The first-order valence-corrected chi connectivity index (χ1v) is 8.28. The van der Waals surface area contributed by atoms with Crippen molar-refractivity contribution in [2.24, 2.45) is 0 Å². The van der Waals surface area contributed by atoms with Gasteiger partial charge in [0, 0.05) is 30.6 Å². The van der Waals surface area contributed by atoms with E-state index in [-0.39, 0.29) is 11.8 Å². The molecule has 1 unspecified atom stereocenters. The Balaban J connectivity index is 1.73. The van der Waals surface area contributed by atoms with E-state index < -0.39 is 10.0 Å². The lowest BCUT2D eigenvalue weighted by molar-refractivity contribution is 0.564. The van der Waals surface area contributed by atoms with Crippen LogP contribution in [0.5, 0.6) is 0 Å². The number of hydrogen-bond donors (Lipinski definition) is 2. The van der Waals surface area contributed by atoms with E-state index in [1.165, 1.54) is 0 Å². The van der Waals surface area contributed by atoms with Crippen molar-refractivity contribution in [2.45, 2.75) is 25.3 Å². The summed E-state index contributed by atoms with van der Waals surface area (Å²) in [6.07, 6.45) is 4.42. The van der Waals surface area contributed by atoms with Crippen molar-refractivity contribution < 1.29 is 8.42 Å². The minimum Gasteiger partial charge on any atom is -0.313 e. The minimum atomic E-state index is -3.15. The van der Waals surface area contributed by atoms with Gasteiger partial charge in [0.25, 0.3) is 0 Å². The van der Waals surface area contributed by atoms with Crippen molar-refractivity contribution >= 4 is 21.4 Å². The van der Waals surface area contributed by atoms with Gasteiger partial charge in [0.1, 0.15) is 0 Å². The quantitative estimate of drug-likeness (QED) is 0.786. The van der Waals surface area contributed by atoms with Gasteiger partial charge in [0.2, 0.25) is 10.0 Å². The molecule has 5 nitrogen and oxygen atoms in total. The molecule has 2 heterocycles. The second-order valence-corrected chi connectivity index (χ2v) is 6.98. The minimum absolute atomic E-state index is 0.118. The molecule has 0 bridgehead atoms. The Kier molecular flexibility index (Phi) is 4.49. The van der Waals surface area contributed by atoms with E-state index in [9.17, 15) is 8.42 Å². The lowest BCUT2D eigenvalue weighted by Crippen LogP contribution is -2.37. The first-order chi connectivity index (χ1) is 8.16. The molecule has 2 rings (SSSR count). The molecule has 1 aromatic heterocycles. The molecule has 0 saturated carbocycles. The fraction of sp³-hybridized carbons (Fsp3) is 0.700. The average Bonchev–Trinajstić information content (AvgIpc) is 2.89. The number of thiazole rings is 1. The van der Waals surface area contributed by atoms with Crippen LogP contribution in [0.1, 0.15) is 17.8 Å². The highest BCUT2D eigenvalue weighted by molar-refractivity contribution is 7.89. The fourth-order valence-corrected chi connectivity index (χ4v) is 3.88. The Morgan fingerprint density at radius 1 is 1.59 bits per heavy atom. The summed E-state index contributed by atoms with van der Waals surface area (Å²) in [6.45, 7) is 1.36. The van der Waals surface area contributed by atoms with E-state index in [0.29, 0.717) is 13.0 Å². The van der Waals surface area contributed by atoms with Gasteiger partial charge in [-0.25, -0.2) is 18.1 Å². The molecule has 0 aromatic carbocycles. The molecule has 7 heteroatoms. The molecule has 1 saturated heterocycles. The molecule has 1 aliphatic rings. The molecule has 17 heavy (non-hydrogen) atoms. The normalized spacial score (nSPS) is 20.8. The third kappa shape index (κ3) is 4.34. The molecule has 2 N–H and O–H groups in total. The molecular formula is C10H17N3O2S2. The number of rotatable bonds is 6. The smallest absolute Gasteiger partial charge is 0.213 e. The second kappa shape index (κ2) is 5.90. The summed E-state index contributed by atoms with van der Waals surface area (Å²) in [5.41, 5.74) is 0. The maximum atomic E-state index is 11.7. The molecular weight excluding hydrogens is 258 g/mol. The van der Waals surface area contributed by atoms with Crippen LogP contribution in [0.2, 0.25) is 0 Å². The van der Waals surface area contributed by atoms with Crippen molar-refractivity contribution in [3.8, 4) is 0 Å². The van der Waals surface area contributed by atoms with Gasteiger partial charge in [0.05, 0.1) is 10.8 Å². The monoisotopic (exact) mass is 275 g/mol. The van der Waals surface area contributed by atoms with Crippen molar-refractivity contribution in [1.82, 2.24) is 15.0 Å². The maximum absolute atomic E-state index is 11.7. The predicted octanol–water partition coefficient (Wildman–Crippen LogP) is 0.357. The van der Waals surface area contributed by atoms with E-state index in [2.05, 4.69) is 15.0 Å². The molecule has 0 aliphatic carbocycles. The van der Waals surface area contributed by atoms with Crippen LogP contribution in [0, 0.1) is 0 Å². The molecule has 0 radical (unpaired) electrons. The summed E-state index contributed by atoms with van der Waals surface area (Å²) in [4.78, 5) is 4.11. The number of nitrogens with one attached hydrogen (secondary N) is 2. The first kappa shape index (κ1) is 12.9.